The molecule has 0 aliphatic rings. The molecular weight excluding hydrogens is 436 g/mol. The van der Waals surface area contributed by atoms with Crippen molar-refractivity contribution in [2.24, 2.45) is 0 Å². The summed E-state index contributed by atoms with van der Waals surface area (Å²) in [6.45, 7) is 7.74. The van der Waals surface area contributed by atoms with Crippen LogP contribution in [0, 0.1) is 18.3 Å². The van der Waals surface area contributed by atoms with Gasteiger partial charge in [-0.05, 0) is 62.7 Å². The maximum Gasteiger partial charge on any atom is 0.308 e. The van der Waals surface area contributed by atoms with Crippen LogP contribution in [0.25, 0.3) is 0 Å². The van der Waals surface area contributed by atoms with Crippen LogP contribution in [0.3, 0.4) is 0 Å². The van der Waals surface area contributed by atoms with Gasteiger partial charge >= 0.3 is 4.87 Å². The first kappa shape index (κ1) is 24.0. The normalized spacial score (nSPS) is 10.5. The molecule has 7 nitrogen and oxygen atoms in total. The van der Waals surface area contributed by atoms with E-state index in [0.717, 1.165) is 35.7 Å². The second-order valence-electron chi connectivity index (χ2n) is 7.50. The fourth-order valence-corrected chi connectivity index (χ4v) is 4.42. The molecule has 3 rings (SSSR count). The van der Waals surface area contributed by atoms with Crippen LogP contribution in [0.15, 0.2) is 53.3 Å². The van der Waals surface area contributed by atoms with Crippen molar-refractivity contribution >= 4 is 28.7 Å². The summed E-state index contributed by atoms with van der Waals surface area (Å²) in [6.07, 6.45) is 0. The lowest BCUT2D eigenvalue weighted by Crippen LogP contribution is -2.24. The molecule has 3 aromatic rings. The van der Waals surface area contributed by atoms with E-state index in [2.05, 4.69) is 24.1 Å². The number of nitrogens with zero attached hydrogens (tertiary/aromatic N) is 3. The van der Waals surface area contributed by atoms with Gasteiger partial charge in [-0.15, -0.1) is 0 Å². The summed E-state index contributed by atoms with van der Waals surface area (Å²) in [5, 5.41) is 11.7. The van der Waals surface area contributed by atoms with E-state index >= 15 is 0 Å². The molecule has 1 heterocycles. The predicted octanol–water partition coefficient (Wildman–Crippen LogP) is 3.75. The smallest absolute Gasteiger partial charge is 0.308 e. The highest BCUT2D eigenvalue weighted by Crippen LogP contribution is 2.17. The number of nitrogens with one attached hydrogen (secondary N) is 1. The summed E-state index contributed by atoms with van der Waals surface area (Å²) in [6, 6.07) is 16.3. The number of hydrogen-bond donors (Lipinski definition) is 1. The minimum Gasteiger partial charge on any atom is -0.372 e. The number of thiazole rings is 1. The first-order valence-electron chi connectivity index (χ1n) is 10.7. The first-order chi connectivity index (χ1) is 15.9. The van der Waals surface area contributed by atoms with Gasteiger partial charge in [-0.25, -0.2) is 0 Å². The number of benzene rings is 2. The summed E-state index contributed by atoms with van der Waals surface area (Å²) in [5.74, 6) is -0.553. The Morgan fingerprint density at radius 1 is 1.06 bits per heavy atom. The number of aromatic nitrogens is 1. The summed E-state index contributed by atoms with van der Waals surface area (Å²) in [5.41, 5.74) is 3.42. The van der Waals surface area contributed by atoms with E-state index in [1.807, 2.05) is 18.2 Å². The molecule has 170 valence electrons. The third kappa shape index (κ3) is 5.57. The van der Waals surface area contributed by atoms with Crippen molar-refractivity contribution in [3.05, 3.63) is 85.5 Å². The number of Topliss-reactive ketones (excluding diaryl/α,β-unsaturated/α-hetero) is 1. The van der Waals surface area contributed by atoms with Crippen molar-refractivity contribution in [1.82, 2.24) is 9.88 Å². The molecule has 0 spiro atoms. The van der Waals surface area contributed by atoms with E-state index < -0.39 is 0 Å². The second-order valence-corrected chi connectivity index (χ2v) is 8.46. The minimum atomic E-state index is -0.367. The van der Waals surface area contributed by atoms with Crippen LogP contribution >= 0.6 is 11.3 Å². The summed E-state index contributed by atoms with van der Waals surface area (Å²) >= 11 is 0.833. The molecule has 0 saturated heterocycles. The van der Waals surface area contributed by atoms with Crippen molar-refractivity contribution in [2.75, 3.05) is 18.0 Å². The van der Waals surface area contributed by atoms with Crippen LogP contribution < -0.4 is 15.1 Å². The number of hydrogen-bond acceptors (Lipinski definition) is 6. The van der Waals surface area contributed by atoms with Gasteiger partial charge in [-0.1, -0.05) is 23.5 Å². The van der Waals surface area contributed by atoms with Gasteiger partial charge in [0.1, 0.15) is 4.88 Å². The van der Waals surface area contributed by atoms with Gasteiger partial charge in [0.05, 0.1) is 18.2 Å². The summed E-state index contributed by atoms with van der Waals surface area (Å²) in [7, 11) is 0. The van der Waals surface area contributed by atoms with Crippen LogP contribution in [0.1, 0.15) is 50.7 Å². The Labute approximate surface area is 196 Å². The standard InChI is InChI=1S/C25H26N4O3S/c1-4-28(5-2)21-12-10-20(11-13-21)22(30)16-29-17(3)23(33-25(29)32)24(31)27-15-19-8-6-18(14-26)7-9-19/h6-13H,4-5,15-16H2,1-3H3,(H,27,31). The topological polar surface area (TPSA) is 95.2 Å². The number of rotatable bonds is 9. The lowest BCUT2D eigenvalue weighted by molar-refractivity contribution is 0.0945. The molecule has 1 N–H and O–H groups in total. The molecule has 2 aromatic carbocycles. The minimum absolute atomic E-state index is 0.116. The predicted molar refractivity (Wildman–Crippen MR) is 130 cm³/mol. The third-order valence-corrected chi connectivity index (χ3v) is 6.59. The van der Waals surface area contributed by atoms with Crippen molar-refractivity contribution in [3.63, 3.8) is 0 Å². The van der Waals surface area contributed by atoms with Gasteiger partial charge in [0.15, 0.2) is 5.78 Å². The largest absolute Gasteiger partial charge is 0.372 e. The molecule has 0 aliphatic carbocycles. The molecule has 0 bridgehead atoms. The van der Waals surface area contributed by atoms with Gasteiger partial charge < -0.3 is 10.2 Å². The zero-order chi connectivity index (χ0) is 24.0. The molecule has 1 amide bonds. The van der Waals surface area contributed by atoms with Crippen molar-refractivity contribution in [3.8, 4) is 6.07 Å². The van der Waals surface area contributed by atoms with Crippen LogP contribution in [0.4, 0.5) is 5.69 Å². The number of amides is 1. The Morgan fingerprint density at radius 3 is 2.27 bits per heavy atom. The highest BCUT2D eigenvalue weighted by molar-refractivity contribution is 7.11. The number of anilines is 1. The molecule has 0 aliphatic heterocycles. The van der Waals surface area contributed by atoms with Crippen molar-refractivity contribution in [2.45, 2.75) is 33.9 Å². The van der Waals surface area contributed by atoms with E-state index in [1.54, 1.807) is 43.3 Å². The lowest BCUT2D eigenvalue weighted by atomic mass is 10.1. The number of carbonyl (C=O) groups is 2. The monoisotopic (exact) mass is 462 g/mol. The van der Waals surface area contributed by atoms with Gasteiger partial charge in [-0.2, -0.15) is 5.26 Å². The average molecular weight is 463 g/mol. The van der Waals surface area contributed by atoms with E-state index in [4.69, 9.17) is 5.26 Å². The molecule has 0 saturated carbocycles. The maximum absolute atomic E-state index is 12.8. The first-order valence-corrected chi connectivity index (χ1v) is 11.5. The average Bonchev–Trinajstić information content (AvgIpc) is 3.12. The van der Waals surface area contributed by atoms with E-state index in [9.17, 15) is 14.4 Å². The Hall–Kier alpha value is -3.70. The quantitative estimate of drug-likeness (QED) is 0.489. The molecular formula is C25H26N4O3S. The van der Waals surface area contributed by atoms with Crippen LogP contribution in [-0.4, -0.2) is 29.3 Å². The molecule has 1 aromatic heterocycles. The van der Waals surface area contributed by atoms with Gasteiger partial charge in [0.2, 0.25) is 0 Å². The Morgan fingerprint density at radius 2 is 1.70 bits per heavy atom. The highest BCUT2D eigenvalue weighted by Gasteiger charge is 2.20. The zero-order valence-corrected chi connectivity index (χ0v) is 19.7. The second kappa shape index (κ2) is 10.7. The van der Waals surface area contributed by atoms with E-state index in [1.165, 1.54) is 4.57 Å². The fraction of sp³-hybridized carbons (Fsp3) is 0.280. The van der Waals surface area contributed by atoms with E-state index in [-0.39, 0.29) is 29.7 Å². The summed E-state index contributed by atoms with van der Waals surface area (Å²) < 4.78 is 1.35. The van der Waals surface area contributed by atoms with Crippen LogP contribution in [-0.2, 0) is 13.1 Å². The van der Waals surface area contributed by atoms with Crippen molar-refractivity contribution < 1.29 is 9.59 Å². The van der Waals surface area contributed by atoms with Crippen molar-refractivity contribution in [1.29, 1.82) is 5.26 Å². The Bertz CT molecular complexity index is 1230. The molecule has 8 heteroatoms. The molecule has 0 unspecified atom stereocenters. The van der Waals surface area contributed by atoms with Gasteiger partial charge in [0, 0.05) is 36.6 Å². The molecule has 0 radical (unpaired) electrons. The number of carbonyl (C=O) groups excluding carboxylic acids is 2. The number of ketones is 1. The van der Waals surface area contributed by atoms with Crippen LogP contribution in [0.2, 0.25) is 0 Å². The Kier molecular flexibility index (Phi) is 7.80. The number of nitriles is 1. The molecule has 0 atom stereocenters. The highest BCUT2D eigenvalue weighted by atomic mass is 32.1. The Balaban J connectivity index is 1.69. The van der Waals surface area contributed by atoms with Crippen LogP contribution in [0.5, 0.6) is 0 Å². The maximum atomic E-state index is 12.8. The fourth-order valence-electron chi connectivity index (χ4n) is 3.51. The third-order valence-electron chi connectivity index (χ3n) is 5.51. The molecule has 0 fully saturated rings. The SMILES string of the molecule is CCN(CC)c1ccc(C(=O)Cn2c(C)c(C(=O)NCc3ccc(C#N)cc3)sc2=O)cc1. The molecule has 33 heavy (non-hydrogen) atoms. The summed E-state index contributed by atoms with van der Waals surface area (Å²) in [4.78, 5) is 40.1. The van der Waals surface area contributed by atoms with Gasteiger partial charge in [-0.3, -0.25) is 19.0 Å². The van der Waals surface area contributed by atoms with Gasteiger partial charge in [0.25, 0.3) is 5.91 Å². The zero-order valence-electron chi connectivity index (χ0n) is 18.9. The van der Waals surface area contributed by atoms with E-state index in [0.29, 0.717) is 21.7 Å². The lowest BCUT2D eigenvalue weighted by Gasteiger charge is -2.21.